The Hall–Kier alpha value is -4.36. The van der Waals surface area contributed by atoms with Crippen molar-refractivity contribution >= 4 is 22.0 Å². The van der Waals surface area contributed by atoms with Crippen LogP contribution in [0, 0.1) is 6.92 Å². The van der Waals surface area contributed by atoms with E-state index in [4.69, 9.17) is 0 Å². The van der Waals surface area contributed by atoms with Crippen LogP contribution in [0.1, 0.15) is 84.1 Å². The van der Waals surface area contributed by atoms with Gasteiger partial charge in [0.15, 0.2) is 0 Å². The molecule has 0 aromatic heterocycles. The molecular formula is C45H61N. The molecule has 4 rings (SSSR count). The molecular weight excluding hydrogens is 555 g/mol. The molecule has 0 radical (unpaired) electrons. The Bertz CT molecular complexity index is 1480. The molecule has 0 fully saturated rings. The summed E-state index contributed by atoms with van der Waals surface area (Å²) in [5, 5.41) is 5.69. The highest BCUT2D eigenvalue weighted by Gasteiger charge is 1.98. The summed E-state index contributed by atoms with van der Waals surface area (Å²) in [6, 6.07) is 31.7. The number of fused-ring (bicyclic) bond motifs is 1. The molecule has 0 unspecified atom stereocenters. The van der Waals surface area contributed by atoms with E-state index in [1.807, 2.05) is 25.3 Å². The molecule has 0 aliphatic rings. The second-order valence-corrected chi connectivity index (χ2v) is 11.6. The zero-order chi connectivity index (χ0) is 34.9. The Morgan fingerprint density at radius 2 is 1.26 bits per heavy atom. The second-order valence-electron chi connectivity index (χ2n) is 11.6. The van der Waals surface area contributed by atoms with E-state index in [9.17, 15) is 0 Å². The molecule has 0 aliphatic carbocycles. The summed E-state index contributed by atoms with van der Waals surface area (Å²) >= 11 is 0. The van der Waals surface area contributed by atoms with E-state index in [-0.39, 0.29) is 0 Å². The first-order valence-electron chi connectivity index (χ1n) is 16.5. The molecule has 46 heavy (non-hydrogen) atoms. The maximum atomic E-state index is 4.05. The van der Waals surface area contributed by atoms with Crippen LogP contribution < -0.4 is 5.32 Å². The molecule has 4 aromatic carbocycles. The monoisotopic (exact) mass is 615 g/mol. The number of rotatable bonds is 7. The van der Waals surface area contributed by atoms with Crippen LogP contribution in [0.25, 0.3) is 16.3 Å². The SMILES string of the molecule is C=C(C=C(C)C)c1ccccc1C.C=CC(C)=C(C)C.C=CCc1ccc2ccccc2c1.CCC.CCc1ccc(NC)cc1. The average molecular weight is 616 g/mol. The van der Waals surface area contributed by atoms with Gasteiger partial charge in [0.05, 0.1) is 0 Å². The minimum absolute atomic E-state index is 0.949. The minimum atomic E-state index is 0.949. The molecule has 0 amide bonds. The van der Waals surface area contributed by atoms with Gasteiger partial charge < -0.3 is 5.32 Å². The van der Waals surface area contributed by atoms with Crippen molar-refractivity contribution in [3.8, 4) is 0 Å². The Labute approximate surface area is 283 Å². The molecule has 0 saturated heterocycles. The summed E-state index contributed by atoms with van der Waals surface area (Å²) in [7, 11) is 1.93. The number of hydrogen-bond donors (Lipinski definition) is 1. The van der Waals surface area contributed by atoms with Gasteiger partial charge in [0.25, 0.3) is 0 Å². The van der Waals surface area contributed by atoms with Crippen LogP contribution in [-0.2, 0) is 12.8 Å². The molecule has 246 valence electrons. The molecule has 0 atom stereocenters. The zero-order valence-electron chi connectivity index (χ0n) is 30.6. The highest BCUT2D eigenvalue weighted by atomic mass is 14.8. The van der Waals surface area contributed by atoms with Crippen molar-refractivity contribution in [3.05, 3.63) is 168 Å². The molecule has 0 heterocycles. The van der Waals surface area contributed by atoms with Crippen LogP contribution >= 0.6 is 0 Å². The number of allylic oxidation sites excluding steroid dienone is 7. The maximum absolute atomic E-state index is 4.05. The van der Waals surface area contributed by atoms with E-state index < -0.39 is 0 Å². The highest BCUT2D eigenvalue weighted by molar-refractivity contribution is 5.83. The zero-order valence-corrected chi connectivity index (χ0v) is 30.6. The Kier molecular flexibility index (Phi) is 22.5. The molecule has 0 spiro atoms. The van der Waals surface area contributed by atoms with Crippen molar-refractivity contribution in [2.75, 3.05) is 12.4 Å². The Balaban J connectivity index is 0.000000583. The Morgan fingerprint density at radius 1 is 0.717 bits per heavy atom. The average Bonchev–Trinajstić information content (AvgIpc) is 3.05. The van der Waals surface area contributed by atoms with Gasteiger partial charge in [-0.1, -0.05) is 154 Å². The van der Waals surface area contributed by atoms with E-state index in [2.05, 4.69) is 178 Å². The fraction of sp³-hybridized carbons (Fsp3) is 0.289. The maximum Gasteiger partial charge on any atom is 0.0337 e. The van der Waals surface area contributed by atoms with Gasteiger partial charge in [0.2, 0.25) is 0 Å². The van der Waals surface area contributed by atoms with E-state index >= 15 is 0 Å². The number of aryl methyl sites for hydroxylation is 2. The molecule has 0 saturated carbocycles. The van der Waals surface area contributed by atoms with E-state index in [1.54, 1.807) is 0 Å². The number of benzene rings is 4. The van der Waals surface area contributed by atoms with Crippen LogP contribution in [0.3, 0.4) is 0 Å². The summed E-state index contributed by atoms with van der Waals surface area (Å²) in [6.45, 7) is 30.3. The smallest absolute Gasteiger partial charge is 0.0337 e. The summed E-state index contributed by atoms with van der Waals surface area (Å²) in [5.74, 6) is 0. The molecule has 4 aromatic rings. The second kappa shape index (κ2) is 24.9. The molecule has 0 aliphatic heterocycles. The third kappa shape index (κ3) is 17.8. The van der Waals surface area contributed by atoms with Gasteiger partial charge in [0, 0.05) is 12.7 Å². The lowest BCUT2D eigenvalue weighted by atomic mass is 10.0. The van der Waals surface area contributed by atoms with Crippen molar-refractivity contribution in [1.82, 2.24) is 0 Å². The van der Waals surface area contributed by atoms with Crippen LogP contribution in [0.5, 0.6) is 0 Å². The third-order valence-corrected chi connectivity index (χ3v) is 6.89. The van der Waals surface area contributed by atoms with Crippen LogP contribution in [0.2, 0.25) is 0 Å². The quantitative estimate of drug-likeness (QED) is 0.161. The first-order valence-corrected chi connectivity index (χ1v) is 16.5. The fourth-order valence-corrected chi connectivity index (χ4v) is 4.00. The number of hydrogen-bond acceptors (Lipinski definition) is 1. The van der Waals surface area contributed by atoms with Crippen molar-refractivity contribution in [3.63, 3.8) is 0 Å². The first-order chi connectivity index (χ1) is 22.0. The standard InChI is InChI=1S/C13H12.C13H16.C9H13N.C7H12.C3H8/c1-2-5-11-8-9-12-6-3-4-7-13(12)10-11;1-10(2)9-12(4)13-8-6-5-7-11(13)3;1-3-8-4-6-9(10-2)7-5-8;1-5-7(4)6(2)3;1-3-2/h2-4,6-10H,1,5H2;5-9H,4H2,1-3H3;4-7,10H,3H2,1-2H3;5H,1H2,2-4H3;3H2,1-2H3. The van der Waals surface area contributed by atoms with Crippen molar-refractivity contribution in [2.45, 2.75) is 81.6 Å². The Morgan fingerprint density at radius 3 is 1.72 bits per heavy atom. The predicted molar refractivity (Wildman–Crippen MR) is 213 cm³/mol. The summed E-state index contributed by atoms with van der Waals surface area (Å²) in [6.07, 6.45) is 9.23. The van der Waals surface area contributed by atoms with Crippen LogP contribution in [-0.4, -0.2) is 7.05 Å². The fourth-order valence-electron chi connectivity index (χ4n) is 4.00. The topological polar surface area (TPSA) is 12.0 Å². The van der Waals surface area contributed by atoms with Gasteiger partial charge in [-0.2, -0.15) is 0 Å². The van der Waals surface area contributed by atoms with E-state index in [1.165, 1.54) is 61.9 Å². The van der Waals surface area contributed by atoms with Crippen molar-refractivity contribution in [2.24, 2.45) is 0 Å². The van der Waals surface area contributed by atoms with Gasteiger partial charge in [-0.3, -0.25) is 0 Å². The normalized spacial score (nSPS) is 9.17. The summed E-state index contributed by atoms with van der Waals surface area (Å²) in [4.78, 5) is 0. The lowest BCUT2D eigenvalue weighted by molar-refractivity contribution is 1.09. The van der Waals surface area contributed by atoms with Crippen LogP contribution in [0.15, 0.2) is 146 Å². The van der Waals surface area contributed by atoms with Gasteiger partial charge in [-0.25, -0.2) is 0 Å². The lowest BCUT2D eigenvalue weighted by Gasteiger charge is -2.05. The van der Waals surface area contributed by atoms with Gasteiger partial charge in [-0.15, -0.1) is 6.58 Å². The lowest BCUT2D eigenvalue weighted by Crippen LogP contribution is -1.87. The predicted octanol–water partition coefficient (Wildman–Crippen LogP) is 13.8. The largest absolute Gasteiger partial charge is 0.388 e. The molecule has 1 heteroatoms. The van der Waals surface area contributed by atoms with Gasteiger partial charge in [-0.05, 0) is 105 Å². The van der Waals surface area contributed by atoms with Crippen LogP contribution in [0.4, 0.5) is 5.69 Å². The third-order valence-electron chi connectivity index (χ3n) is 6.89. The van der Waals surface area contributed by atoms with E-state index in [0.29, 0.717) is 0 Å². The van der Waals surface area contributed by atoms with Gasteiger partial charge >= 0.3 is 0 Å². The van der Waals surface area contributed by atoms with E-state index in [0.717, 1.165) is 18.4 Å². The molecule has 1 nitrogen and oxygen atoms in total. The minimum Gasteiger partial charge on any atom is -0.388 e. The highest BCUT2D eigenvalue weighted by Crippen LogP contribution is 2.19. The summed E-state index contributed by atoms with van der Waals surface area (Å²) < 4.78 is 0. The van der Waals surface area contributed by atoms with Gasteiger partial charge in [0.1, 0.15) is 0 Å². The first kappa shape index (κ1) is 41.6. The van der Waals surface area contributed by atoms with Crippen molar-refractivity contribution < 1.29 is 0 Å². The summed E-state index contributed by atoms with van der Waals surface area (Å²) in [5.41, 5.74) is 11.4. The number of anilines is 1. The number of nitrogens with one attached hydrogen (secondary N) is 1. The molecule has 1 N–H and O–H groups in total. The molecule has 0 bridgehead atoms. The van der Waals surface area contributed by atoms with Crippen molar-refractivity contribution in [1.29, 1.82) is 0 Å².